The molecule has 0 aliphatic carbocycles. The number of hydrogen-bond donors (Lipinski definition) is 6. The number of carboxylic acid groups (broad SMARTS) is 1. The number of aliphatic hydroxyl groups is 3. The topological polar surface area (TPSA) is 201 Å². The Morgan fingerprint density at radius 2 is 1.86 bits per heavy atom. The van der Waals surface area contributed by atoms with Gasteiger partial charge in [0, 0.05) is 25.1 Å². The fourth-order valence-corrected chi connectivity index (χ4v) is 3.10. The van der Waals surface area contributed by atoms with Crippen molar-refractivity contribution in [3.63, 3.8) is 0 Å². The van der Waals surface area contributed by atoms with Gasteiger partial charge in [0.05, 0.1) is 5.92 Å². The van der Waals surface area contributed by atoms with E-state index in [9.17, 15) is 39.6 Å². The van der Waals surface area contributed by atoms with Crippen LogP contribution in [-0.2, 0) is 41.8 Å². The average molecular weight is 498 g/mol. The summed E-state index contributed by atoms with van der Waals surface area (Å²) in [6.45, 7) is 3.37. The molecule has 1 aromatic carbocycles. The summed E-state index contributed by atoms with van der Waals surface area (Å²) >= 11 is 0. The molecular formula is C22H30N2O11. The Morgan fingerprint density at radius 3 is 2.49 bits per heavy atom. The number of hydrogen-bond acceptors (Lipinski definition) is 10. The number of aliphatic carboxylic acids is 1. The van der Waals surface area contributed by atoms with Crippen LogP contribution in [0.3, 0.4) is 0 Å². The van der Waals surface area contributed by atoms with Crippen molar-refractivity contribution >= 4 is 24.3 Å². The van der Waals surface area contributed by atoms with Crippen molar-refractivity contribution in [2.45, 2.75) is 64.1 Å². The number of esters is 1. The molecule has 13 nitrogen and oxygen atoms in total. The average Bonchev–Trinajstić information content (AvgIpc) is 2.82. The van der Waals surface area contributed by atoms with Crippen LogP contribution in [0.25, 0.3) is 0 Å². The van der Waals surface area contributed by atoms with Crippen molar-refractivity contribution in [3.8, 4) is 5.75 Å². The van der Waals surface area contributed by atoms with Crippen LogP contribution in [0.2, 0.25) is 0 Å². The van der Waals surface area contributed by atoms with Crippen molar-refractivity contribution in [3.05, 3.63) is 29.3 Å². The van der Waals surface area contributed by atoms with Gasteiger partial charge in [0.15, 0.2) is 6.10 Å². The predicted octanol–water partition coefficient (Wildman–Crippen LogP) is -1.59. The third kappa shape index (κ3) is 7.89. The van der Waals surface area contributed by atoms with Crippen LogP contribution < -0.4 is 15.4 Å². The van der Waals surface area contributed by atoms with Crippen LogP contribution in [-0.4, -0.2) is 81.9 Å². The monoisotopic (exact) mass is 498 g/mol. The number of nitrogens with one attached hydrogen (secondary N) is 2. The highest BCUT2D eigenvalue weighted by Gasteiger charge is 2.48. The normalized spacial score (nSPS) is 23.9. The zero-order valence-electron chi connectivity index (χ0n) is 19.2. The number of ether oxygens (including phenoxy) is 3. The lowest BCUT2D eigenvalue weighted by Crippen LogP contribution is -2.61. The molecule has 0 bridgehead atoms. The summed E-state index contributed by atoms with van der Waals surface area (Å²) < 4.78 is 16.0. The molecule has 0 saturated carbocycles. The van der Waals surface area contributed by atoms with E-state index in [2.05, 4.69) is 10.6 Å². The minimum Gasteiger partial charge on any atom is -0.479 e. The number of carboxylic acids is 1. The first-order valence-electron chi connectivity index (χ1n) is 10.9. The highest BCUT2D eigenvalue weighted by Crippen LogP contribution is 2.28. The van der Waals surface area contributed by atoms with Crippen molar-refractivity contribution in [1.29, 1.82) is 0 Å². The molecule has 1 heterocycles. The second-order valence-electron chi connectivity index (χ2n) is 8.16. The Morgan fingerprint density at radius 1 is 1.14 bits per heavy atom. The van der Waals surface area contributed by atoms with E-state index in [0.29, 0.717) is 17.5 Å². The van der Waals surface area contributed by atoms with E-state index in [-0.39, 0.29) is 43.7 Å². The number of carbonyl (C=O) groups excluding carboxylic acids is 3. The second kappa shape index (κ2) is 13.0. The maximum Gasteiger partial charge on any atom is 0.335 e. The molecule has 194 valence electrons. The summed E-state index contributed by atoms with van der Waals surface area (Å²) in [6, 6.07) is 4.57. The fourth-order valence-electron chi connectivity index (χ4n) is 3.10. The van der Waals surface area contributed by atoms with E-state index in [1.54, 1.807) is 26.0 Å². The van der Waals surface area contributed by atoms with E-state index >= 15 is 0 Å². The zero-order chi connectivity index (χ0) is 26.1. The number of carbonyl (C=O) groups is 4. The molecule has 1 aliphatic heterocycles. The molecule has 2 rings (SSSR count). The van der Waals surface area contributed by atoms with Gasteiger partial charge in [-0.3, -0.25) is 14.4 Å². The third-order valence-corrected chi connectivity index (χ3v) is 5.09. The first-order valence-corrected chi connectivity index (χ1v) is 10.9. The van der Waals surface area contributed by atoms with Gasteiger partial charge in [0.25, 0.3) is 0 Å². The quantitative estimate of drug-likeness (QED) is 0.110. The summed E-state index contributed by atoms with van der Waals surface area (Å²) in [5.74, 6) is -2.61. The lowest BCUT2D eigenvalue weighted by molar-refractivity contribution is -0.271. The van der Waals surface area contributed by atoms with Crippen LogP contribution in [0.1, 0.15) is 31.4 Å². The first-order chi connectivity index (χ1) is 16.5. The van der Waals surface area contributed by atoms with Crippen molar-refractivity contribution in [1.82, 2.24) is 10.6 Å². The van der Waals surface area contributed by atoms with Gasteiger partial charge in [-0.2, -0.15) is 0 Å². The highest BCUT2D eigenvalue weighted by molar-refractivity contribution is 5.76. The summed E-state index contributed by atoms with van der Waals surface area (Å²) in [5.41, 5.74) is 0.922. The van der Waals surface area contributed by atoms with E-state index in [1.165, 1.54) is 6.07 Å². The second-order valence-corrected chi connectivity index (χ2v) is 8.16. The Balaban J connectivity index is 2.22. The molecule has 35 heavy (non-hydrogen) atoms. The maximum absolute atomic E-state index is 12.0. The lowest BCUT2D eigenvalue weighted by atomic mass is 9.99. The lowest BCUT2D eigenvalue weighted by Gasteiger charge is -2.38. The van der Waals surface area contributed by atoms with E-state index in [0.717, 1.165) is 0 Å². The van der Waals surface area contributed by atoms with E-state index in [1.807, 2.05) is 0 Å². The number of rotatable bonds is 12. The summed E-state index contributed by atoms with van der Waals surface area (Å²) in [4.78, 5) is 45.5. The smallest absolute Gasteiger partial charge is 0.335 e. The largest absolute Gasteiger partial charge is 0.479 e. The summed E-state index contributed by atoms with van der Waals surface area (Å²) in [5, 5.41) is 44.3. The molecule has 13 heteroatoms. The van der Waals surface area contributed by atoms with Crippen LogP contribution >= 0.6 is 0 Å². The van der Waals surface area contributed by atoms with Gasteiger partial charge in [-0.15, -0.1) is 0 Å². The molecule has 5 unspecified atom stereocenters. The molecule has 1 fully saturated rings. The standard InChI is InChI=1S/C22H30N2O11/c1-11(2)21(32)33-9-12-3-4-14(13(7-12)8-24-15(26)5-6-23-10-25)34-22-18(29)16(27)17(28)19(35-22)20(30)31/h3-4,7,10-11,16-19,22,27-29H,5-6,8-9H2,1-2H3,(H,23,25)(H,24,26)(H,30,31). The molecule has 5 atom stereocenters. The molecule has 2 amide bonds. The Kier molecular flexibility index (Phi) is 10.4. The van der Waals surface area contributed by atoms with Gasteiger partial charge in [-0.05, 0) is 17.7 Å². The van der Waals surface area contributed by atoms with Crippen LogP contribution in [0.4, 0.5) is 0 Å². The van der Waals surface area contributed by atoms with E-state index in [4.69, 9.17) is 14.2 Å². The molecule has 6 N–H and O–H groups in total. The third-order valence-electron chi connectivity index (χ3n) is 5.09. The predicted molar refractivity (Wildman–Crippen MR) is 117 cm³/mol. The minimum absolute atomic E-state index is 0.00937. The fraction of sp³-hybridized carbons (Fsp3) is 0.545. The molecular weight excluding hydrogens is 468 g/mol. The summed E-state index contributed by atoms with van der Waals surface area (Å²) in [6.07, 6.45) is -8.52. The molecule has 1 aromatic rings. The van der Waals surface area contributed by atoms with Crippen molar-refractivity contribution in [2.75, 3.05) is 6.54 Å². The highest BCUT2D eigenvalue weighted by atomic mass is 16.7. The van der Waals surface area contributed by atoms with Crippen LogP contribution in [0.15, 0.2) is 18.2 Å². The van der Waals surface area contributed by atoms with Gasteiger partial charge < -0.3 is 45.3 Å². The zero-order valence-corrected chi connectivity index (χ0v) is 19.2. The van der Waals surface area contributed by atoms with Crippen LogP contribution in [0.5, 0.6) is 5.75 Å². The van der Waals surface area contributed by atoms with Crippen LogP contribution in [0, 0.1) is 5.92 Å². The minimum atomic E-state index is -1.88. The Labute approximate surface area is 201 Å². The number of aliphatic hydroxyl groups excluding tert-OH is 3. The van der Waals surface area contributed by atoms with Gasteiger partial charge in [-0.1, -0.05) is 19.9 Å². The van der Waals surface area contributed by atoms with Crippen molar-refractivity contribution < 1.29 is 53.8 Å². The molecule has 0 aromatic heterocycles. The Hall–Kier alpha value is -3.26. The molecule has 1 saturated heterocycles. The van der Waals surface area contributed by atoms with Gasteiger partial charge >= 0.3 is 11.9 Å². The van der Waals surface area contributed by atoms with Gasteiger partial charge in [-0.25, -0.2) is 4.79 Å². The molecule has 1 aliphatic rings. The molecule has 0 spiro atoms. The number of amides is 2. The first kappa shape index (κ1) is 28.0. The Bertz CT molecular complexity index is 907. The van der Waals surface area contributed by atoms with Crippen molar-refractivity contribution in [2.24, 2.45) is 5.92 Å². The SMILES string of the molecule is CC(C)C(=O)OCc1ccc(OC2OC(C(=O)O)C(O)C(O)C2O)c(CNC(=O)CCNC=O)c1. The summed E-state index contributed by atoms with van der Waals surface area (Å²) in [7, 11) is 0. The van der Waals surface area contributed by atoms with Gasteiger partial charge in [0.2, 0.25) is 18.6 Å². The number of benzene rings is 1. The molecule has 0 radical (unpaired) electrons. The van der Waals surface area contributed by atoms with E-state index < -0.39 is 42.6 Å². The van der Waals surface area contributed by atoms with Gasteiger partial charge in [0.1, 0.15) is 30.7 Å². The maximum atomic E-state index is 12.0.